The molecule has 142 valence electrons. The standard InChI is InChI=1S/C18H19F2N5O2/c1-3-27-14(26)9-25-18-15(16(23-25)10-4-5-10)12(17(19)20)6-13(22-18)11-7-21-24(2)8-11/h6-8,10,17H,3-5,9H2,1-2H3. The van der Waals surface area contributed by atoms with Crippen LogP contribution in [0.2, 0.25) is 0 Å². The molecule has 1 saturated carbocycles. The van der Waals surface area contributed by atoms with Gasteiger partial charge in [0.2, 0.25) is 0 Å². The summed E-state index contributed by atoms with van der Waals surface area (Å²) < 4.78 is 35.7. The topological polar surface area (TPSA) is 74.8 Å². The number of nitrogens with zero attached hydrogens (tertiary/aromatic N) is 5. The van der Waals surface area contributed by atoms with Crippen molar-refractivity contribution in [2.75, 3.05) is 6.61 Å². The molecule has 9 heteroatoms. The van der Waals surface area contributed by atoms with Gasteiger partial charge in [-0.05, 0) is 25.8 Å². The van der Waals surface area contributed by atoms with Crippen LogP contribution in [0, 0.1) is 0 Å². The Balaban J connectivity index is 1.92. The SMILES string of the molecule is CCOC(=O)Cn1nc(C2CC2)c2c(C(F)F)cc(-c3cnn(C)c3)nc21. The number of alkyl halides is 2. The third-order valence-corrected chi connectivity index (χ3v) is 4.54. The van der Waals surface area contributed by atoms with Crippen LogP contribution in [-0.4, -0.2) is 37.1 Å². The molecule has 0 amide bonds. The number of carbonyl (C=O) groups is 1. The Morgan fingerprint density at radius 1 is 1.41 bits per heavy atom. The molecule has 0 radical (unpaired) electrons. The average molecular weight is 375 g/mol. The molecular formula is C18H19F2N5O2. The van der Waals surface area contributed by atoms with Crippen molar-refractivity contribution >= 4 is 17.0 Å². The molecule has 4 rings (SSSR count). The molecule has 7 nitrogen and oxygen atoms in total. The number of rotatable bonds is 6. The highest BCUT2D eigenvalue weighted by Crippen LogP contribution is 2.45. The molecule has 0 atom stereocenters. The van der Waals surface area contributed by atoms with Gasteiger partial charge in [-0.3, -0.25) is 9.48 Å². The second-order valence-corrected chi connectivity index (χ2v) is 6.62. The van der Waals surface area contributed by atoms with Crippen molar-refractivity contribution in [2.24, 2.45) is 7.05 Å². The van der Waals surface area contributed by atoms with Gasteiger partial charge in [0.15, 0.2) is 5.65 Å². The first kappa shape index (κ1) is 17.6. The fraction of sp³-hybridized carbons (Fsp3) is 0.444. The summed E-state index contributed by atoms with van der Waals surface area (Å²) in [6.45, 7) is 1.79. The van der Waals surface area contributed by atoms with E-state index >= 15 is 0 Å². The van der Waals surface area contributed by atoms with Gasteiger partial charge in [-0.2, -0.15) is 10.2 Å². The molecule has 3 heterocycles. The van der Waals surface area contributed by atoms with E-state index in [-0.39, 0.29) is 30.3 Å². The fourth-order valence-electron chi connectivity index (χ4n) is 3.18. The molecule has 0 saturated heterocycles. The first-order valence-corrected chi connectivity index (χ1v) is 8.82. The van der Waals surface area contributed by atoms with Crippen LogP contribution in [0.3, 0.4) is 0 Å². The van der Waals surface area contributed by atoms with Crippen molar-refractivity contribution in [1.82, 2.24) is 24.5 Å². The molecule has 1 aliphatic carbocycles. The lowest BCUT2D eigenvalue weighted by Crippen LogP contribution is -2.15. The van der Waals surface area contributed by atoms with Crippen molar-refractivity contribution in [2.45, 2.75) is 38.7 Å². The Labute approximate surface area is 153 Å². The molecular weight excluding hydrogens is 356 g/mol. The van der Waals surface area contributed by atoms with Crippen molar-refractivity contribution in [3.05, 3.63) is 29.7 Å². The van der Waals surface area contributed by atoms with E-state index in [4.69, 9.17) is 4.74 Å². The molecule has 0 bridgehead atoms. The average Bonchev–Trinajstić information content (AvgIpc) is 3.28. The fourth-order valence-corrected chi connectivity index (χ4v) is 3.18. The van der Waals surface area contributed by atoms with Crippen molar-refractivity contribution in [3.63, 3.8) is 0 Å². The monoisotopic (exact) mass is 375 g/mol. The van der Waals surface area contributed by atoms with E-state index in [1.165, 1.54) is 10.7 Å². The van der Waals surface area contributed by atoms with Gasteiger partial charge in [-0.15, -0.1) is 0 Å². The van der Waals surface area contributed by atoms with E-state index in [0.29, 0.717) is 22.3 Å². The molecule has 0 aliphatic heterocycles. The van der Waals surface area contributed by atoms with Crippen LogP contribution < -0.4 is 0 Å². The third-order valence-electron chi connectivity index (χ3n) is 4.54. The summed E-state index contributed by atoms with van der Waals surface area (Å²) in [7, 11) is 1.74. The predicted octanol–water partition coefficient (Wildman–Crippen LogP) is 3.21. The van der Waals surface area contributed by atoms with Crippen LogP contribution >= 0.6 is 0 Å². The van der Waals surface area contributed by atoms with Crippen LogP contribution in [-0.2, 0) is 23.1 Å². The molecule has 0 N–H and O–H groups in total. The number of ether oxygens (including phenoxy) is 1. The predicted molar refractivity (Wildman–Crippen MR) is 93.3 cm³/mol. The number of pyridine rings is 1. The number of carbonyl (C=O) groups excluding carboxylic acids is 1. The van der Waals surface area contributed by atoms with Crippen LogP contribution in [0.15, 0.2) is 18.5 Å². The van der Waals surface area contributed by atoms with Gasteiger partial charge < -0.3 is 4.74 Å². The maximum atomic E-state index is 13.9. The zero-order valence-corrected chi connectivity index (χ0v) is 15.0. The normalized spacial score (nSPS) is 14.3. The lowest BCUT2D eigenvalue weighted by molar-refractivity contribution is -0.143. The van der Waals surface area contributed by atoms with Gasteiger partial charge in [-0.1, -0.05) is 0 Å². The van der Waals surface area contributed by atoms with Gasteiger partial charge in [0.1, 0.15) is 6.54 Å². The van der Waals surface area contributed by atoms with Gasteiger partial charge in [-0.25, -0.2) is 18.4 Å². The Bertz CT molecular complexity index is 1010. The quantitative estimate of drug-likeness (QED) is 0.619. The third kappa shape index (κ3) is 3.29. The first-order valence-electron chi connectivity index (χ1n) is 8.82. The Morgan fingerprint density at radius 2 is 2.19 bits per heavy atom. The zero-order chi connectivity index (χ0) is 19.1. The van der Waals surface area contributed by atoms with Gasteiger partial charge in [0, 0.05) is 30.3 Å². The summed E-state index contributed by atoms with van der Waals surface area (Å²) in [6.07, 6.45) is 2.40. The molecule has 1 fully saturated rings. The molecule has 0 unspecified atom stereocenters. The summed E-state index contributed by atoms with van der Waals surface area (Å²) in [4.78, 5) is 16.5. The van der Waals surface area contributed by atoms with E-state index in [2.05, 4.69) is 15.2 Å². The summed E-state index contributed by atoms with van der Waals surface area (Å²) in [5.74, 6) is -0.337. The molecule has 0 aromatic carbocycles. The summed E-state index contributed by atoms with van der Waals surface area (Å²) in [5.41, 5.74) is 1.75. The minimum Gasteiger partial charge on any atom is -0.465 e. The summed E-state index contributed by atoms with van der Waals surface area (Å²) >= 11 is 0. The van der Waals surface area contributed by atoms with E-state index in [1.54, 1.807) is 31.0 Å². The highest BCUT2D eigenvalue weighted by atomic mass is 19.3. The van der Waals surface area contributed by atoms with Gasteiger partial charge in [0.05, 0.1) is 29.6 Å². The molecule has 3 aromatic heterocycles. The number of aromatic nitrogens is 5. The molecule has 0 spiro atoms. The van der Waals surface area contributed by atoms with E-state index in [1.807, 2.05) is 0 Å². The maximum Gasteiger partial charge on any atom is 0.327 e. The van der Waals surface area contributed by atoms with Crippen molar-refractivity contribution in [1.29, 1.82) is 0 Å². The van der Waals surface area contributed by atoms with E-state index < -0.39 is 12.4 Å². The Kier molecular flexibility index (Phi) is 4.37. The molecule has 27 heavy (non-hydrogen) atoms. The van der Waals surface area contributed by atoms with Gasteiger partial charge in [0.25, 0.3) is 6.43 Å². The van der Waals surface area contributed by atoms with Crippen molar-refractivity contribution < 1.29 is 18.3 Å². The number of esters is 1. The van der Waals surface area contributed by atoms with Gasteiger partial charge >= 0.3 is 5.97 Å². The first-order chi connectivity index (χ1) is 13.0. The minimum absolute atomic E-state index is 0.115. The molecule has 3 aromatic rings. The lowest BCUT2D eigenvalue weighted by atomic mass is 10.1. The zero-order valence-electron chi connectivity index (χ0n) is 15.0. The second-order valence-electron chi connectivity index (χ2n) is 6.62. The summed E-state index contributed by atoms with van der Waals surface area (Å²) in [5, 5.41) is 8.89. The van der Waals surface area contributed by atoms with E-state index in [9.17, 15) is 13.6 Å². The smallest absolute Gasteiger partial charge is 0.327 e. The largest absolute Gasteiger partial charge is 0.465 e. The number of hydrogen-bond donors (Lipinski definition) is 0. The van der Waals surface area contributed by atoms with Crippen molar-refractivity contribution in [3.8, 4) is 11.3 Å². The van der Waals surface area contributed by atoms with Crippen LogP contribution in [0.25, 0.3) is 22.3 Å². The second kappa shape index (κ2) is 6.71. The number of halogens is 2. The number of aryl methyl sites for hydroxylation is 1. The number of fused-ring (bicyclic) bond motifs is 1. The minimum atomic E-state index is -2.68. The van der Waals surface area contributed by atoms with Crippen LogP contribution in [0.4, 0.5) is 8.78 Å². The molecule has 1 aliphatic rings. The highest BCUT2D eigenvalue weighted by molar-refractivity contribution is 5.87. The Morgan fingerprint density at radius 3 is 2.78 bits per heavy atom. The highest BCUT2D eigenvalue weighted by Gasteiger charge is 2.33. The maximum absolute atomic E-state index is 13.9. The lowest BCUT2D eigenvalue weighted by Gasteiger charge is -2.08. The number of hydrogen-bond acceptors (Lipinski definition) is 5. The van der Waals surface area contributed by atoms with E-state index in [0.717, 1.165) is 12.8 Å². The van der Waals surface area contributed by atoms with Crippen LogP contribution in [0.5, 0.6) is 0 Å². The van der Waals surface area contributed by atoms with Crippen LogP contribution in [0.1, 0.15) is 43.4 Å². The summed E-state index contributed by atoms with van der Waals surface area (Å²) in [6, 6.07) is 1.40. The Hall–Kier alpha value is -2.84.